The number of hydrogen-bond donors (Lipinski definition) is 1. The highest BCUT2D eigenvalue weighted by Gasteiger charge is 2.22. The van der Waals surface area contributed by atoms with Gasteiger partial charge in [-0.2, -0.15) is 5.26 Å². The lowest BCUT2D eigenvalue weighted by molar-refractivity contribution is -0.112. The first-order valence-electron chi connectivity index (χ1n) is 8.17. The third kappa shape index (κ3) is 4.19. The molecule has 2 aromatic carbocycles. The van der Waals surface area contributed by atoms with Crippen LogP contribution in [0.4, 0.5) is 5.69 Å². The number of benzene rings is 2. The molecule has 0 saturated heterocycles. The maximum absolute atomic E-state index is 12.5. The highest BCUT2D eigenvalue weighted by molar-refractivity contribution is 6.36. The number of carbonyl (C=O) groups is 1. The van der Waals surface area contributed by atoms with Crippen molar-refractivity contribution in [3.8, 4) is 17.6 Å². The molecule has 0 aromatic heterocycles. The van der Waals surface area contributed by atoms with Crippen molar-refractivity contribution < 1.29 is 14.3 Å². The van der Waals surface area contributed by atoms with Gasteiger partial charge in [0, 0.05) is 22.6 Å². The first-order valence-corrected chi connectivity index (χ1v) is 8.92. The molecule has 0 radical (unpaired) electrons. The van der Waals surface area contributed by atoms with E-state index in [0.29, 0.717) is 27.0 Å². The van der Waals surface area contributed by atoms with Gasteiger partial charge in [0.25, 0.3) is 5.91 Å². The molecule has 0 bridgehead atoms. The Kier molecular flexibility index (Phi) is 5.59. The summed E-state index contributed by atoms with van der Waals surface area (Å²) in [5.74, 6) is 0.691. The predicted octanol–water partition coefficient (Wildman–Crippen LogP) is 4.87. The van der Waals surface area contributed by atoms with E-state index in [-0.39, 0.29) is 11.7 Å². The zero-order valence-electron chi connectivity index (χ0n) is 14.7. The number of nitrogens with zero attached hydrogens (tertiary/aromatic N) is 1. The van der Waals surface area contributed by atoms with Crippen LogP contribution in [0.1, 0.15) is 18.1 Å². The van der Waals surface area contributed by atoms with Crippen LogP contribution in [0, 0.1) is 11.3 Å². The molecule has 1 N–H and O–H groups in total. The summed E-state index contributed by atoms with van der Waals surface area (Å²) in [7, 11) is 1.54. The first-order chi connectivity index (χ1) is 12.9. The van der Waals surface area contributed by atoms with Crippen molar-refractivity contribution in [2.45, 2.75) is 19.4 Å². The molecule has 0 saturated carbocycles. The minimum atomic E-state index is -0.599. The molecule has 0 fully saturated rings. The van der Waals surface area contributed by atoms with Gasteiger partial charge in [0.1, 0.15) is 29.2 Å². The smallest absolute Gasteiger partial charge is 0.266 e. The fourth-order valence-corrected chi connectivity index (χ4v) is 3.17. The van der Waals surface area contributed by atoms with Gasteiger partial charge in [-0.15, -0.1) is 0 Å². The molecular weight excluding hydrogens is 387 g/mol. The number of methoxy groups -OCH3 is 1. The Morgan fingerprint density at radius 3 is 2.85 bits per heavy atom. The van der Waals surface area contributed by atoms with Crippen molar-refractivity contribution in [1.82, 2.24) is 0 Å². The summed E-state index contributed by atoms with van der Waals surface area (Å²) in [5.41, 5.74) is 1.84. The van der Waals surface area contributed by atoms with E-state index in [2.05, 4.69) is 5.32 Å². The maximum Gasteiger partial charge on any atom is 0.266 e. The average molecular weight is 403 g/mol. The van der Waals surface area contributed by atoms with Crippen LogP contribution in [0.3, 0.4) is 0 Å². The summed E-state index contributed by atoms with van der Waals surface area (Å²) in [6, 6.07) is 10.2. The Balaban J connectivity index is 1.92. The van der Waals surface area contributed by atoms with E-state index >= 15 is 0 Å². The van der Waals surface area contributed by atoms with Gasteiger partial charge in [0.05, 0.1) is 17.8 Å². The van der Waals surface area contributed by atoms with Crippen molar-refractivity contribution in [1.29, 1.82) is 5.26 Å². The highest BCUT2D eigenvalue weighted by Crippen LogP contribution is 2.36. The van der Waals surface area contributed by atoms with Crippen LogP contribution in [0.5, 0.6) is 11.5 Å². The SMILES string of the molecule is COc1cc2c(cc1/C=C(\C#N)C(=O)Nc1cc(Cl)ccc1Cl)OC(C)C2. The zero-order chi connectivity index (χ0) is 19.6. The van der Waals surface area contributed by atoms with Crippen LogP contribution in [0.25, 0.3) is 6.08 Å². The molecule has 138 valence electrons. The summed E-state index contributed by atoms with van der Waals surface area (Å²) in [6.07, 6.45) is 2.32. The topological polar surface area (TPSA) is 71.3 Å². The second kappa shape index (κ2) is 7.91. The monoisotopic (exact) mass is 402 g/mol. The van der Waals surface area contributed by atoms with Gasteiger partial charge in [0.15, 0.2) is 0 Å². The van der Waals surface area contributed by atoms with Gasteiger partial charge in [-0.3, -0.25) is 4.79 Å². The molecule has 2 aromatic rings. The second-order valence-electron chi connectivity index (χ2n) is 6.08. The molecule has 1 atom stereocenters. The minimum absolute atomic E-state index is 0.0765. The van der Waals surface area contributed by atoms with Crippen molar-refractivity contribution in [3.05, 3.63) is 57.1 Å². The summed E-state index contributed by atoms with van der Waals surface area (Å²) in [4.78, 5) is 12.5. The Bertz CT molecular complexity index is 980. The van der Waals surface area contributed by atoms with Crippen LogP contribution in [0.2, 0.25) is 10.0 Å². The van der Waals surface area contributed by atoms with Crippen molar-refractivity contribution in [2.24, 2.45) is 0 Å². The predicted molar refractivity (Wildman–Crippen MR) is 105 cm³/mol. The van der Waals surface area contributed by atoms with Crippen molar-refractivity contribution in [2.75, 3.05) is 12.4 Å². The molecule has 1 unspecified atom stereocenters. The van der Waals surface area contributed by atoms with E-state index in [9.17, 15) is 10.1 Å². The number of ether oxygens (including phenoxy) is 2. The molecule has 7 heteroatoms. The van der Waals surface area contributed by atoms with Crippen LogP contribution in [-0.4, -0.2) is 19.1 Å². The van der Waals surface area contributed by atoms with Gasteiger partial charge >= 0.3 is 0 Å². The summed E-state index contributed by atoms with van der Waals surface area (Å²) in [6.45, 7) is 1.98. The molecule has 1 heterocycles. The molecule has 27 heavy (non-hydrogen) atoms. The Hall–Kier alpha value is -2.68. The number of nitriles is 1. The first kappa shape index (κ1) is 19.1. The number of rotatable bonds is 4. The fourth-order valence-electron chi connectivity index (χ4n) is 2.83. The summed E-state index contributed by atoms with van der Waals surface area (Å²) < 4.78 is 11.2. The molecule has 1 amide bonds. The van der Waals surface area contributed by atoms with Crippen LogP contribution >= 0.6 is 23.2 Å². The molecule has 3 rings (SSSR count). The summed E-state index contributed by atoms with van der Waals surface area (Å²) >= 11 is 12.0. The number of fused-ring (bicyclic) bond motifs is 1. The number of hydrogen-bond acceptors (Lipinski definition) is 4. The van der Waals surface area contributed by atoms with E-state index in [1.165, 1.54) is 19.3 Å². The Morgan fingerprint density at radius 1 is 1.37 bits per heavy atom. The molecule has 0 spiro atoms. The van der Waals surface area contributed by atoms with Gasteiger partial charge in [0.2, 0.25) is 0 Å². The third-order valence-corrected chi connectivity index (χ3v) is 4.65. The maximum atomic E-state index is 12.5. The summed E-state index contributed by atoms with van der Waals surface area (Å²) in [5, 5.41) is 12.8. The zero-order valence-corrected chi connectivity index (χ0v) is 16.2. The molecule has 5 nitrogen and oxygen atoms in total. The van der Waals surface area contributed by atoms with Crippen molar-refractivity contribution in [3.63, 3.8) is 0 Å². The lowest BCUT2D eigenvalue weighted by Gasteiger charge is -2.10. The van der Waals surface area contributed by atoms with E-state index in [1.807, 2.05) is 19.1 Å². The fraction of sp³-hybridized carbons (Fsp3) is 0.200. The highest BCUT2D eigenvalue weighted by atomic mass is 35.5. The molecule has 1 aliphatic heterocycles. The van der Waals surface area contributed by atoms with Gasteiger partial charge in [-0.25, -0.2) is 0 Å². The van der Waals surface area contributed by atoms with Gasteiger partial charge < -0.3 is 14.8 Å². The lowest BCUT2D eigenvalue weighted by atomic mass is 10.0. The van der Waals surface area contributed by atoms with E-state index in [4.69, 9.17) is 32.7 Å². The molecule has 0 aliphatic carbocycles. The normalized spacial score (nSPS) is 15.5. The van der Waals surface area contributed by atoms with E-state index < -0.39 is 5.91 Å². The second-order valence-corrected chi connectivity index (χ2v) is 6.93. The van der Waals surface area contributed by atoms with E-state index in [1.54, 1.807) is 18.2 Å². The lowest BCUT2D eigenvalue weighted by Crippen LogP contribution is -2.13. The quantitative estimate of drug-likeness (QED) is 0.584. The minimum Gasteiger partial charge on any atom is -0.496 e. The third-order valence-electron chi connectivity index (χ3n) is 4.09. The van der Waals surface area contributed by atoms with Gasteiger partial charge in [-0.05, 0) is 43.3 Å². The van der Waals surface area contributed by atoms with Crippen LogP contribution < -0.4 is 14.8 Å². The van der Waals surface area contributed by atoms with E-state index in [0.717, 1.165) is 17.7 Å². The van der Waals surface area contributed by atoms with Crippen LogP contribution in [0.15, 0.2) is 35.9 Å². The van der Waals surface area contributed by atoms with Crippen LogP contribution in [-0.2, 0) is 11.2 Å². The molecule has 1 aliphatic rings. The average Bonchev–Trinajstić information content (AvgIpc) is 3.00. The number of amides is 1. The standard InChI is InChI=1S/C20H16Cl2N2O3/c1-11-5-12-7-18(26-2)13(8-19(12)27-11)6-14(10-23)20(25)24-17-9-15(21)3-4-16(17)22/h3-4,6-9,11H,5H2,1-2H3,(H,24,25)/b14-6+. The Labute approximate surface area is 167 Å². The number of nitrogens with one attached hydrogen (secondary N) is 1. The van der Waals surface area contributed by atoms with Gasteiger partial charge in [-0.1, -0.05) is 23.2 Å². The van der Waals surface area contributed by atoms with Crippen molar-refractivity contribution >= 4 is 40.9 Å². The number of halogens is 2. The number of anilines is 1. The largest absolute Gasteiger partial charge is 0.496 e. The molecular formula is C20H16Cl2N2O3. The number of carbonyl (C=O) groups excluding carboxylic acids is 1. The Morgan fingerprint density at radius 2 is 2.15 bits per heavy atom.